The molecule has 10 heteroatoms. The highest BCUT2D eigenvalue weighted by atomic mass is 19.4. The summed E-state index contributed by atoms with van der Waals surface area (Å²) in [5.41, 5.74) is 1.93. The number of hydrogen-bond donors (Lipinski definition) is 4. The van der Waals surface area contributed by atoms with Gasteiger partial charge in [0.05, 0.1) is 17.4 Å². The number of fused-ring (bicyclic) bond motifs is 1. The van der Waals surface area contributed by atoms with Gasteiger partial charge in [0.15, 0.2) is 0 Å². The van der Waals surface area contributed by atoms with E-state index in [4.69, 9.17) is 5.11 Å². The maximum Gasteiger partial charge on any atom is 0.416 e. The first-order chi connectivity index (χ1) is 16.2. The van der Waals surface area contributed by atoms with Gasteiger partial charge in [-0.2, -0.15) is 13.2 Å². The van der Waals surface area contributed by atoms with Gasteiger partial charge in [0.25, 0.3) is 5.91 Å². The summed E-state index contributed by atoms with van der Waals surface area (Å²) >= 11 is 0. The van der Waals surface area contributed by atoms with Crippen LogP contribution >= 0.6 is 0 Å². The number of nitrogens with one attached hydrogen (secondary N) is 3. The molecule has 0 radical (unpaired) electrons. The van der Waals surface area contributed by atoms with Gasteiger partial charge in [0, 0.05) is 24.0 Å². The number of amides is 1. The van der Waals surface area contributed by atoms with Crippen LogP contribution in [0.1, 0.15) is 37.5 Å². The summed E-state index contributed by atoms with van der Waals surface area (Å²) < 4.78 is 38.6. The van der Waals surface area contributed by atoms with E-state index in [0.717, 1.165) is 17.7 Å². The summed E-state index contributed by atoms with van der Waals surface area (Å²) in [6.45, 7) is 0.337. The third-order valence-electron chi connectivity index (χ3n) is 5.09. The Hall–Kier alpha value is -4.34. The van der Waals surface area contributed by atoms with E-state index in [1.807, 2.05) is 6.07 Å². The van der Waals surface area contributed by atoms with E-state index in [1.165, 1.54) is 18.2 Å². The minimum absolute atomic E-state index is 0.0358. The monoisotopic (exact) mass is 468 g/mol. The van der Waals surface area contributed by atoms with Crippen LogP contribution in [0.25, 0.3) is 11.0 Å². The second-order valence-corrected chi connectivity index (χ2v) is 7.58. The third kappa shape index (κ3) is 5.34. The minimum atomic E-state index is -4.44. The average Bonchev–Trinajstić information content (AvgIpc) is 3.25. The topological polar surface area (TPSA) is 107 Å². The number of carboxylic acid groups (broad SMARTS) is 1. The molecule has 4 aromatic rings. The van der Waals surface area contributed by atoms with Crippen LogP contribution in [0, 0.1) is 0 Å². The zero-order chi connectivity index (χ0) is 24.3. The molecule has 2 aromatic heterocycles. The predicted molar refractivity (Wildman–Crippen MR) is 119 cm³/mol. The van der Waals surface area contributed by atoms with E-state index in [1.54, 1.807) is 30.5 Å². The number of rotatable bonds is 7. The van der Waals surface area contributed by atoms with Crippen LogP contribution in [0.2, 0.25) is 0 Å². The smallest absolute Gasteiger partial charge is 0.416 e. The first-order valence-corrected chi connectivity index (χ1v) is 10.2. The summed E-state index contributed by atoms with van der Waals surface area (Å²) in [5, 5.41) is 15.5. The lowest BCUT2D eigenvalue weighted by Crippen LogP contribution is -2.23. The van der Waals surface area contributed by atoms with E-state index in [2.05, 4.69) is 20.6 Å². The van der Waals surface area contributed by atoms with Gasteiger partial charge in [-0.25, -0.2) is 9.78 Å². The SMILES string of the molecule is O=C(NCc1cccc(C(F)(F)F)c1)c1cccc(CNc2cnc3[nH]c(C(=O)O)cc3c2)c1. The van der Waals surface area contributed by atoms with Crippen molar-refractivity contribution in [2.75, 3.05) is 5.32 Å². The van der Waals surface area contributed by atoms with Crippen LogP contribution in [0.5, 0.6) is 0 Å². The van der Waals surface area contributed by atoms with Crippen molar-refractivity contribution in [1.82, 2.24) is 15.3 Å². The molecule has 0 atom stereocenters. The number of carboxylic acids is 1. The standard InChI is InChI=1S/C24H19F3N4O3/c25-24(26,27)18-6-2-4-15(8-18)12-30-22(32)16-5-1-3-14(7-16)11-28-19-9-17-10-20(23(33)34)31-21(17)29-13-19/h1-10,13,28H,11-12H2,(H,29,31)(H,30,32)(H,33,34). The Morgan fingerprint density at radius 3 is 2.44 bits per heavy atom. The molecule has 2 heterocycles. The largest absolute Gasteiger partial charge is 0.477 e. The highest BCUT2D eigenvalue weighted by molar-refractivity contribution is 5.94. The number of H-pyrrole nitrogens is 1. The van der Waals surface area contributed by atoms with Gasteiger partial charge in [-0.05, 0) is 47.5 Å². The fourth-order valence-corrected chi connectivity index (χ4v) is 3.40. The van der Waals surface area contributed by atoms with Crippen LogP contribution < -0.4 is 10.6 Å². The van der Waals surface area contributed by atoms with E-state index < -0.39 is 23.6 Å². The van der Waals surface area contributed by atoms with Crippen molar-refractivity contribution >= 4 is 28.6 Å². The second kappa shape index (κ2) is 9.26. The van der Waals surface area contributed by atoms with Gasteiger partial charge in [-0.15, -0.1) is 0 Å². The summed E-state index contributed by atoms with van der Waals surface area (Å²) in [6.07, 6.45) is -2.88. The Morgan fingerprint density at radius 2 is 1.71 bits per heavy atom. The minimum Gasteiger partial charge on any atom is -0.477 e. The Bertz CT molecular complexity index is 1370. The van der Waals surface area contributed by atoms with E-state index in [-0.39, 0.29) is 12.2 Å². The number of carbonyl (C=O) groups is 2. The van der Waals surface area contributed by atoms with Gasteiger partial charge >= 0.3 is 12.1 Å². The van der Waals surface area contributed by atoms with Crippen molar-refractivity contribution in [3.05, 3.63) is 94.8 Å². The number of alkyl halides is 3. The van der Waals surface area contributed by atoms with Crippen molar-refractivity contribution in [3.8, 4) is 0 Å². The maximum atomic E-state index is 12.9. The lowest BCUT2D eigenvalue weighted by atomic mass is 10.1. The molecule has 0 saturated carbocycles. The molecule has 0 aliphatic heterocycles. The molecular weight excluding hydrogens is 449 g/mol. The quantitative estimate of drug-likeness (QED) is 0.311. The zero-order valence-corrected chi connectivity index (χ0v) is 17.6. The number of anilines is 1. The van der Waals surface area contributed by atoms with Crippen LogP contribution in [0.3, 0.4) is 0 Å². The normalized spacial score (nSPS) is 11.4. The van der Waals surface area contributed by atoms with Gasteiger partial charge in [0.2, 0.25) is 0 Å². The summed E-state index contributed by atoms with van der Waals surface area (Å²) in [4.78, 5) is 30.5. The molecule has 4 rings (SSSR count). The molecule has 0 aliphatic rings. The number of hydrogen-bond acceptors (Lipinski definition) is 4. The van der Waals surface area contributed by atoms with Gasteiger partial charge < -0.3 is 20.7 Å². The first kappa shape index (κ1) is 22.8. The number of aromatic amines is 1. The van der Waals surface area contributed by atoms with E-state index in [9.17, 15) is 22.8 Å². The number of halogens is 3. The summed E-state index contributed by atoms with van der Waals surface area (Å²) in [5.74, 6) is -1.48. The Labute approximate surface area is 191 Å². The molecule has 0 bridgehead atoms. The first-order valence-electron chi connectivity index (χ1n) is 10.2. The number of aromatic nitrogens is 2. The van der Waals surface area contributed by atoms with Gasteiger partial charge in [-0.3, -0.25) is 4.79 Å². The number of nitrogens with zero attached hydrogens (tertiary/aromatic N) is 1. The molecule has 0 unspecified atom stereocenters. The number of aromatic carboxylic acids is 1. The Balaban J connectivity index is 1.38. The van der Waals surface area contributed by atoms with Crippen LogP contribution in [-0.4, -0.2) is 27.0 Å². The molecule has 0 spiro atoms. The molecule has 0 saturated heterocycles. The van der Waals surface area contributed by atoms with Gasteiger partial charge in [0.1, 0.15) is 11.3 Å². The van der Waals surface area contributed by atoms with Crippen LogP contribution in [0.15, 0.2) is 66.9 Å². The molecule has 174 valence electrons. The Kier molecular flexibility index (Phi) is 6.22. The van der Waals surface area contributed by atoms with Crippen molar-refractivity contribution in [2.24, 2.45) is 0 Å². The Morgan fingerprint density at radius 1 is 0.971 bits per heavy atom. The molecule has 0 fully saturated rings. The number of pyridine rings is 1. The zero-order valence-electron chi connectivity index (χ0n) is 17.6. The molecule has 0 aliphatic carbocycles. The lowest BCUT2D eigenvalue weighted by Gasteiger charge is -2.11. The van der Waals surface area contributed by atoms with Crippen molar-refractivity contribution < 1.29 is 27.9 Å². The fraction of sp³-hybridized carbons (Fsp3) is 0.125. The highest BCUT2D eigenvalue weighted by Gasteiger charge is 2.30. The van der Waals surface area contributed by atoms with Crippen molar-refractivity contribution in [1.29, 1.82) is 0 Å². The van der Waals surface area contributed by atoms with Gasteiger partial charge in [-0.1, -0.05) is 24.3 Å². The predicted octanol–water partition coefficient (Wildman–Crippen LogP) is 4.82. The number of carbonyl (C=O) groups excluding carboxylic acids is 1. The second-order valence-electron chi connectivity index (χ2n) is 7.58. The van der Waals surface area contributed by atoms with Crippen molar-refractivity contribution in [3.63, 3.8) is 0 Å². The average molecular weight is 468 g/mol. The molecular formula is C24H19F3N4O3. The third-order valence-corrected chi connectivity index (χ3v) is 5.09. The molecule has 7 nitrogen and oxygen atoms in total. The maximum absolute atomic E-state index is 12.9. The van der Waals surface area contributed by atoms with Crippen molar-refractivity contribution in [2.45, 2.75) is 19.3 Å². The van der Waals surface area contributed by atoms with E-state index >= 15 is 0 Å². The fourth-order valence-electron chi connectivity index (χ4n) is 3.40. The molecule has 1 amide bonds. The molecule has 2 aromatic carbocycles. The van der Waals surface area contributed by atoms with Crippen LogP contribution in [0.4, 0.5) is 18.9 Å². The van der Waals surface area contributed by atoms with E-state index in [0.29, 0.717) is 34.4 Å². The summed E-state index contributed by atoms with van der Waals surface area (Å²) in [7, 11) is 0. The molecule has 4 N–H and O–H groups in total. The molecule has 34 heavy (non-hydrogen) atoms. The van der Waals surface area contributed by atoms with Crippen LogP contribution in [-0.2, 0) is 19.3 Å². The highest BCUT2D eigenvalue weighted by Crippen LogP contribution is 2.29. The lowest BCUT2D eigenvalue weighted by molar-refractivity contribution is -0.137. The number of benzene rings is 2. The summed E-state index contributed by atoms with van der Waals surface area (Å²) in [6, 6.07) is 14.9.